The minimum Gasteiger partial charge on any atom is -0.363 e. The summed E-state index contributed by atoms with van der Waals surface area (Å²) in [6, 6.07) is 0.627. The number of nitrogens with one attached hydrogen (secondary N) is 2. The van der Waals surface area contributed by atoms with E-state index in [4.69, 9.17) is 12.2 Å². The standard InChI is InChI=1S/C17H34N2S/c1-2-3-4-5-6-7-8-12-15-18-17(20)19-16-13-10-9-11-14-16/h16H,2-15H2,1H3,(H2,18,19,20). The van der Waals surface area contributed by atoms with Crippen molar-refractivity contribution in [3.05, 3.63) is 0 Å². The topological polar surface area (TPSA) is 24.1 Å². The Kier molecular flexibility index (Phi) is 11.0. The van der Waals surface area contributed by atoms with Crippen LogP contribution in [0.2, 0.25) is 0 Å². The van der Waals surface area contributed by atoms with Crippen LogP contribution in [0.15, 0.2) is 0 Å². The number of rotatable bonds is 10. The maximum Gasteiger partial charge on any atom is 0.166 e. The lowest BCUT2D eigenvalue weighted by molar-refractivity contribution is 0.412. The minimum atomic E-state index is 0.627. The summed E-state index contributed by atoms with van der Waals surface area (Å²) in [5, 5.41) is 7.70. The first-order valence-corrected chi connectivity index (χ1v) is 9.28. The van der Waals surface area contributed by atoms with Crippen molar-refractivity contribution < 1.29 is 0 Å². The van der Waals surface area contributed by atoms with Gasteiger partial charge in [0, 0.05) is 12.6 Å². The molecule has 1 saturated carbocycles. The van der Waals surface area contributed by atoms with Crippen LogP contribution in [0.4, 0.5) is 0 Å². The highest BCUT2D eigenvalue weighted by Gasteiger charge is 2.13. The molecule has 1 aliphatic rings. The molecule has 1 rings (SSSR count). The zero-order valence-corrected chi connectivity index (χ0v) is 14.2. The third-order valence-corrected chi connectivity index (χ3v) is 4.52. The molecule has 0 radical (unpaired) electrons. The quantitative estimate of drug-likeness (QED) is 0.442. The summed E-state index contributed by atoms with van der Waals surface area (Å²) in [7, 11) is 0. The second-order valence-corrected chi connectivity index (χ2v) is 6.62. The molecular formula is C17H34N2S. The van der Waals surface area contributed by atoms with E-state index in [1.54, 1.807) is 0 Å². The van der Waals surface area contributed by atoms with Gasteiger partial charge in [-0.25, -0.2) is 0 Å². The molecule has 20 heavy (non-hydrogen) atoms. The van der Waals surface area contributed by atoms with E-state index in [2.05, 4.69) is 17.6 Å². The van der Waals surface area contributed by atoms with Gasteiger partial charge in [-0.2, -0.15) is 0 Å². The Morgan fingerprint density at radius 1 is 0.900 bits per heavy atom. The molecule has 0 aromatic carbocycles. The van der Waals surface area contributed by atoms with Gasteiger partial charge < -0.3 is 10.6 Å². The maximum atomic E-state index is 5.36. The van der Waals surface area contributed by atoms with Gasteiger partial charge in [0.1, 0.15) is 0 Å². The van der Waals surface area contributed by atoms with Crippen molar-refractivity contribution in [3.63, 3.8) is 0 Å². The summed E-state index contributed by atoms with van der Waals surface area (Å²) < 4.78 is 0. The van der Waals surface area contributed by atoms with Crippen LogP contribution in [-0.4, -0.2) is 17.7 Å². The second-order valence-electron chi connectivity index (χ2n) is 6.21. The molecule has 118 valence electrons. The molecule has 2 nitrogen and oxygen atoms in total. The third kappa shape index (κ3) is 9.57. The predicted octanol–water partition coefficient (Wildman–Crippen LogP) is 4.92. The van der Waals surface area contributed by atoms with Crippen LogP contribution in [0.3, 0.4) is 0 Å². The van der Waals surface area contributed by atoms with Crippen molar-refractivity contribution >= 4 is 17.3 Å². The molecule has 2 N–H and O–H groups in total. The fourth-order valence-corrected chi connectivity index (χ4v) is 3.21. The Labute approximate surface area is 131 Å². The molecule has 0 aromatic rings. The van der Waals surface area contributed by atoms with Gasteiger partial charge in [0.05, 0.1) is 0 Å². The molecule has 0 bridgehead atoms. The predicted molar refractivity (Wildman–Crippen MR) is 93.2 cm³/mol. The van der Waals surface area contributed by atoms with Gasteiger partial charge >= 0.3 is 0 Å². The molecule has 0 unspecified atom stereocenters. The largest absolute Gasteiger partial charge is 0.363 e. The van der Waals surface area contributed by atoms with E-state index in [0.717, 1.165) is 11.7 Å². The van der Waals surface area contributed by atoms with Crippen LogP contribution in [-0.2, 0) is 0 Å². The molecule has 3 heteroatoms. The summed E-state index contributed by atoms with van der Waals surface area (Å²) in [6.45, 7) is 3.31. The third-order valence-electron chi connectivity index (χ3n) is 4.26. The minimum absolute atomic E-state index is 0.627. The first kappa shape index (κ1) is 17.7. The van der Waals surface area contributed by atoms with E-state index in [1.807, 2.05) is 0 Å². The van der Waals surface area contributed by atoms with E-state index in [-0.39, 0.29) is 0 Å². The van der Waals surface area contributed by atoms with Crippen LogP contribution in [0.1, 0.15) is 90.4 Å². The van der Waals surface area contributed by atoms with Gasteiger partial charge in [0.2, 0.25) is 0 Å². The maximum absolute atomic E-state index is 5.36. The molecule has 0 heterocycles. The number of hydrogen-bond acceptors (Lipinski definition) is 1. The molecule has 0 saturated heterocycles. The van der Waals surface area contributed by atoms with Gasteiger partial charge in [0.25, 0.3) is 0 Å². The van der Waals surface area contributed by atoms with Gasteiger partial charge in [-0.15, -0.1) is 0 Å². The van der Waals surface area contributed by atoms with Gasteiger partial charge in [-0.05, 0) is 31.5 Å². The first-order valence-electron chi connectivity index (χ1n) is 8.87. The number of hydrogen-bond donors (Lipinski definition) is 2. The van der Waals surface area contributed by atoms with Gasteiger partial charge in [-0.1, -0.05) is 71.1 Å². The molecule has 0 amide bonds. The Bertz CT molecular complexity index is 237. The highest BCUT2D eigenvalue weighted by molar-refractivity contribution is 7.80. The Morgan fingerprint density at radius 2 is 1.50 bits per heavy atom. The molecule has 1 aliphatic carbocycles. The average Bonchev–Trinajstić information content (AvgIpc) is 2.46. The fourth-order valence-electron chi connectivity index (χ4n) is 2.94. The van der Waals surface area contributed by atoms with Crippen LogP contribution in [0.5, 0.6) is 0 Å². The summed E-state index contributed by atoms with van der Waals surface area (Å²) in [4.78, 5) is 0. The van der Waals surface area contributed by atoms with Crippen molar-refractivity contribution in [2.75, 3.05) is 6.54 Å². The molecule has 0 aromatic heterocycles. The second kappa shape index (κ2) is 12.4. The van der Waals surface area contributed by atoms with E-state index >= 15 is 0 Å². The molecule has 1 fully saturated rings. The molecule has 0 aliphatic heterocycles. The van der Waals surface area contributed by atoms with E-state index < -0.39 is 0 Å². The Balaban J connectivity index is 1.84. The van der Waals surface area contributed by atoms with Crippen LogP contribution in [0.25, 0.3) is 0 Å². The van der Waals surface area contributed by atoms with Crippen molar-refractivity contribution in [1.29, 1.82) is 0 Å². The van der Waals surface area contributed by atoms with Gasteiger partial charge in [-0.3, -0.25) is 0 Å². The summed E-state index contributed by atoms with van der Waals surface area (Å²) >= 11 is 5.36. The van der Waals surface area contributed by atoms with E-state index in [9.17, 15) is 0 Å². The zero-order chi connectivity index (χ0) is 14.5. The van der Waals surface area contributed by atoms with Crippen molar-refractivity contribution in [1.82, 2.24) is 10.6 Å². The normalized spacial score (nSPS) is 16.1. The molecule has 0 atom stereocenters. The Morgan fingerprint density at radius 3 is 2.15 bits per heavy atom. The lowest BCUT2D eigenvalue weighted by Gasteiger charge is -2.24. The summed E-state index contributed by atoms with van der Waals surface area (Å²) in [6.07, 6.45) is 17.7. The van der Waals surface area contributed by atoms with E-state index in [1.165, 1.54) is 83.5 Å². The van der Waals surface area contributed by atoms with Crippen LogP contribution in [0, 0.1) is 0 Å². The van der Waals surface area contributed by atoms with Crippen LogP contribution < -0.4 is 10.6 Å². The average molecular weight is 299 g/mol. The monoisotopic (exact) mass is 298 g/mol. The smallest absolute Gasteiger partial charge is 0.166 e. The zero-order valence-electron chi connectivity index (χ0n) is 13.4. The molecule has 0 spiro atoms. The van der Waals surface area contributed by atoms with Crippen molar-refractivity contribution in [2.45, 2.75) is 96.4 Å². The first-order chi connectivity index (χ1) is 9.83. The van der Waals surface area contributed by atoms with Crippen molar-refractivity contribution in [2.24, 2.45) is 0 Å². The fraction of sp³-hybridized carbons (Fsp3) is 0.941. The highest BCUT2D eigenvalue weighted by Crippen LogP contribution is 2.17. The lowest BCUT2D eigenvalue weighted by atomic mass is 9.96. The van der Waals surface area contributed by atoms with Crippen molar-refractivity contribution in [3.8, 4) is 0 Å². The summed E-state index contributed by atoms with van der Waals surface area (Å²) in [5.74, 6) is 0. The molecular weight excluding hydrogens is 264 g/mol. The number of thiocarbonyl (C=S) groups is 1. The Hall–Kier alpha value is -0.310. The summed E-state index contributed by atoms with van der Waals surface area (Å²) in [5.41, 5.74) is 0. The van der Waals surface area contributed by atoms with Crippen LogP contribution >= 0.6 is 12.2 Å². The number of unbranched alkanes of at least 4 members (excludes halogenated alkanes) is 7. The van der Waals surface area contributed by atoms with E-state index in [0.29, 0.717) is 6.04 Å². The SMILES string of the molecule is CCCCCCCCCCNC(=S)NC1CCCCC1. The highest BCUT2D eigenvalue weighted by atomic mass is 32.1. The van der Waals surface area contributed by atoms with Gasteiger partial charge in [0.15, 0.2) is 5.11 Å². The lowest BCUT2D eigenvalue weighted by Crippen LogP contribution is -2.42.